The summed E-state index contributed by atoms with van der Waals surface area (Å²) < 4.78 is 0. The lowest BCUT2D eigenvalue weighted by Crippen LogP contribution is -2.28. The number of phenols is 1. The standard InChI is InChI=1S/C17H17N3OS/c1-11-10-20-16(12-5-4-6-13(21)9-12)15(19-17(20)22-11)14-7-2-3-8-18-14/h2-9,11,15-16,21H,10H2,1H3/t11-,15+,16+/m1/s1. The van der Waals surface area contributed by atoms with Crippen molar-refractivity contribution in [2.75, 3.05) is 6.54 Å². The number of phenolic OH excluding ortho intramolecular Hbond substituents is 1. The summed E-state index contributed by atoms with van der Waals surface area (Å²) in [6.45, 7) is 3.20. The second-order valence-electron chi connectivity index (χ2n) is 5.73. The molecule has 4 nitrogen and oxygen atoms in total. The number of aromatic nitrogens is 1. The Kier molecular flexibility index (Phi) is 3.30. The van der Waals surface area contributed by atoms with Gasteiger partial charge in [0, 0.05) is 18.0 Å². The molecule has 2 aliphatic rings. The van der Waals surface area contributed by atoms with Crippen molar-refractivity contribution in [1.82, 2.24) is 9.88 Å². The normalized spacial score (nSPS) is 26.9. The fourth-order valence-electron chi connectivity index (χ4n) is 3.19. The summed E-state index contributed by atoms with van der Waals surface area (Å²) in [7, 11) is 0. The van der Waals surface area contributed by atoms with Crippen LogP contribution in [0.3, 0.4) is 0 Å². The van der Waals surface area contributed by atoms with Crippen LogP contribution in [0, 0.1) is 0 Å². The smallest absolute Gasteiger partial charge is 0.160 e. The molecule has 1 saturated heterocycles. The number of hydrogen-bond acceptors (Lipinski definition) is 5. The highest BCUT2D eigenvalue weighted by atomic mass is 32.2. The summed E-state index contributed by atoms with van der Waals surface area (Å²) >= 11 is 1.82. The Morgan fingerprint density at radius 2 is 2.14 bits per heavy atom. The van der Waals surface area contributed by atoms with Gasteiger partial charge in [0.15, 0.2) is 5.17 Å². The van der Waals surface area contributed by atoms with E-state index in [1.54, 1.807) is 6.07 Å². The molecule has 1 aromatic heterocycles. The van der Waals surface area contributed by atoms with Gasteiger partial charge in [-0.1, -0.05) is 36.9 Å². The van der Waals surface area contributed by atoms with E-state index in [1.807, 2.05) is 48.3 Å². The predicted octanol–water partition coefficient (Wildman–Crippen LogP) is 3.38. The SMILES string of the molecule is C[C@@H]1CN2C(=N[C@@H](c3ccccn3)[C@@H]2c2cccc(O)c2)S1. The topological polar surface area (TPSA) is 48.7 Å². The molecule has 0 radical (unpaired) electrons. The fourth-order valence-corrected chi connectivity index (χ4v) is 4.28. The van der Waals surface area contributed by atoms with Gasteiger partial charge in [-0.3, -0.25) is 9.98 Å². The van der Waals surface area contributed by atoms with E-state index in [4.69, 9.17) is 4.99 Å². The molecule has 0 saturated carbocycles. The summed E-state index contributed by atoms with van der Waals surface area (Å²) in [6, 6.07) is 13.5. The van der Waals surface area contributed by atoms with Crippen molar-refractivity contribution in [3.63, 3.8) is 0 Å². The quantitative estimate of drug-likeness (QED) is 0.924. The molecule has 1 fully saturated rings. The number of benzene rings is 1. The molecular weight excluding hydrogens is 294 g/mol. The zero-order valence-corrected chi connectivity index (χ0v) is 13.1. The van der Waals surface area contributed by atoms with Crippen LogP contribution in [-0.2, 0) is 0 Å². The number of fused-ring (bicyclic) bond motifs is 1. The van der Waals surface area contributed by atoms with Crippen LogP contribution in [0.1, 0.15) is 30.3 Å². The maximum Gasteiger partial charge on any atom is 0.160 e. The first-order valence-electron chi connectivity index (χ1n) is 7.43. The third kappa shape index (κ3) is 2.25. The molecule has 4 rings (SSSR count). The van der Waals surface area contributed by atoms with Gasteiger partial charge >= 0.3 is 0 Å². The van der Waals surface area contributed by atoms with Crippen molar-refractivity contribution in [2.24, 2.45) is 4.99 Å². The van der Waals surface area contributed by atoms with Gasteiger partial charge in [0.25, 0.3) is 0 Å². The van der Waals surface area contributed by atoms with E-state index in [9.17, 15) is 5.11 Å². The summed E-state index contributed by atoms with van der Waals surface area (Å²) in [5.74, 6) is 0.297. The van der Waals surface area contributed by atoms with Gasteiger partial charge < -0.3 is 10.0 Å². The average Bonchev–Trinajstić information content (AvgIpc) is 3.04. The van der Waals surface area contributed by atoms with Gasteiger partial charge in [-0.05, 0) is 29.8 Å². The summed E-state index contributed by atoms with van der Waals surface area (Å²) in [6.07, 6.45) is 1.81. The number of rotatable bonds is 2. The van der Waals surface area contributed by atoms with Crippen molar-refractivity contribution in [3.05, 3.63) is 59.9 Å². The molecule has 0 bridgehead atoms. The first kappa shape index (κ1) is 13.6. The number of hydrogen-bond donors (Lipinski definition) is 1. The van der Waals surface area contributed by atoms with Crippen molar-refractivity contribution in [3.8, 4) is 5.75 Å². The van der Waals surface area contributed by atoms with E-state index in [-0.39, 0.29) is 12.1 Å². The van der Waals surface area contributed by atoms with Gasteiger partial charge in [-0.15, -0.1) is 0 Å². The van der Waals surface area contributed by atoms with E-state index in [1.165, 1.54) is 0 Å². The van der Waals surface area contributed by atoms with Crippen molar-refractivity contribution >= 4 is 16.9 Å². The molecule has 22 heavy (non-hydrogen) atoms. The number of nitrogens with zero attached hydrogens (tertiary/aromatic N) is 3. The van der Waals surface area contributed by atoms with E-state index in [0.717, 1.165) is 23.0 Å². The zero-order chi connectivity index (χ0) is 15.1. The summed E-state index contributed by atoms with van der Waals surface area (Å²) in [4.78, 5) is 11.8. The van der Waals surface area contributed by atoms with Gasteiger partial charge in [0.1, 0.15) is 11.8 Å². The summed E-state index contributed by atoms with van der Waals surface area (Å²) in [5.41, 5.74) is 2.06. The first-order chi connectivity index (χ1) is 10.7. The Morgan fingerprint density at radius 1 is 1.23 bits per heavy atom. The Hall–Kier alpha value is -2.01. The molecule has 112 valence electrons. The van der Waals surface area contributed by atoms with E-state index < -0.39 is 0 Å². The molecule has 0 unspecified atom stereocenters. The Labute approximate surface area is 133 Å². The van der Waals surface area contributed by atoms with Crippen LogP contribution >= 0.6 is 11.8 Å². The second kappa shape index (κ2) is 5.32. The predicted molar refractivity (Wildman–Crippen MR) is 89.0 cm³/mol. The Morgan fingerprint density at radius 3 is 2.91 bits per heavy atom. The minimum atomic E-state index is -0.0157. The largest absolute Gasteiger partial charge is 0.508 e. The van der Waals surface area contributed by atoms with Crippen LogP contribution in [-0.4, -0.2) is 32.0 Å². The molecular formula is C17H17N3OS. The van der Waals surface area contributed by atoms with Crippen LogP contribution in [0.5, 0.6) is 5.75 Å². The second-order valence-corrected chi connectivity index (χ2v) is 7.14. The molecule has 0 spiro atoms. The van der Waals surface area contributed by atoms with Gasteiger partial charge in [0.2, 0.25) is 0 Å². The molecule has 2 aromatic rings. The lowest BCUT2D eigenvalue weighted by atomic mass is 9.96. The van der Waals surface area contributed by atoms with E-state index in [2.05, 4.69) is 22.9 Å². The van der Waals surface area contributed by atoms with E-state index in [0.29, 0.717) is 11.0 Å². The maximum atomic E-state index is 9.85. The number of thioether (sulfide) groups is 1. The highest BCUT2D eigenvalue weighted by molar-refractivity contribution is 8.14. The van der Waals surface area contributed by atoms with Crippen molar-refractivity contribution in [2.45, 2.75) is 24.3 Å². The molecule has 0 amide bonds. The van der Waals surface area contributed by atoms with Crippen LogP contribution in [0.15, 0.2) is 53.7 Å². The Balaban J connectivity index is 1.78. The van der Waals surface area contributed by atoms with Crippen molar-refractivity contribution in [1.29, 1.82) is 0 Å². The zero-order valence-electron chi connectivity index (χ0n) is 12.3. The number of pyridine rings is 1. The third-order valence-electron chi connectivity index (χ3n) is 4.09. The first-order valence-corrected chi connectivity index (χ1v) is 8.31. The Bertz CT molecular complexity index is 719. The molecule has 1 N–H and O–H groups in total. The van der Waals surface area contributed by atoms with Crippen LogP contribution in [0.2, 0.25) is 0 Å². The third-order valence-corrected chi connectivity index (χ3v) is 5.20. The number of amidine groups is 1. The molecule has 0 aliphatic carbocycles. The minimum absolute atomic E-state index is 0.0157. The highest BCUT2D eigenvalue weighted by Crippen LogP contribution is 2.47. The minimum Gasteiger partial charge on any atom is -0.508 e. The van der Waals surface area contributed by atoms with Gasteiger partial charge in [-0.25, -0.2) is 0 Å². The van der Waals surface area contributed by atoms with E-state index >= 15 is 0 Å². The molecule has 2 aliphatic heterocycles. The molecule has 3 heterocycles. The lowest BCUT2D eigenvalue weighted by Gasteiger charge is -2.27. The van der Waals surface area contributed by atoms with Crippen LogP contribution in [0.4, 0.5) is 0 Å². The monoisotopic (exact) mass is 311 g/mol. The van der Waals surface area contributed by atoms with Gasteiger partial charge in [0.05, 0.1) is 11.7 Å². The lowest BCUT2D eigenvalue weighted by molar-refractivity contribution is 0.320. The summed E-state index contributed by atoms with van der Waals surface area (Å²) in [5, 5.41) is 11.5. The van der Waals surface area contributed by atoms with Gasteiger partial charge in [-0.2, -0.15) is 0 Å². The molecule has 5 heteroatoms. The van der Waals surface area contributed by atoms with Crippen LogP contribution < -0.4 is 0 Å². The molecule has 3 atom stereocenters. The van der Waals surface area contributed by atoms with Crippen LogP contribution in [0.25, 0.3) is 0 Å². The number of aromatic hydroxyl groups is 1. The fraction of sp³-hybridized carbons (Fsp3) is 0.294. The highest BCUT2D eigenvalue weighted by Gasteiger charge is 2.43. The maximum absolute atomic E-state index is 9.85. The van der Waals surface area contributed by atoms with Crippen molar-refractivity contribution < 1.29 is 5.11 Å². The number of aliphatic imine (C=N–C) groups is 1. The average molecular weight is 311 g/mol. The molecule has 1 aromatic carbocycles.